The zero-order valence-electron chi connectivity index (χ0n) is 17.4. The second-order valence-corrected chi connectivity index (χ2v) is 7.42. The van der Waals surface area contributed by atoms with E-state index in [4.69, 9.17) is 4.74 Å². The quantitative estimate of drug-likeness (QED) is 0.465. The van der Waals surface area contributed by atoms with Gasteiger partial charge in [0.2, 0.25) is 0 Å². The lowest BCUT2D eigenvalue weighted by Gasteiger charge is -2.14. The van der Waals surface area contributed by atoms with Crippen LogP contribution in [0.3, 0.4) is 0 Å². The Morgan fingerprint density at radius 2 is 1.29 bits per heavy atom. The van der Waals surface area contributed by atoms with E-state index in [9.17, 15) is 9.59 Å². The van der Waals surface area contributed by atoms with Crippen molar-refractivity contribution in [2.75, 3.05) is 7.11 Å². The summed E-state index contributed by atoms with van der Waals surface area (Å²) in [4.78, 5) is 26.5. The van der Waals surface area contributed by atoms with Crippen LogP contribution in [0.25, 0.3) is 0 Å². The number of benzene rings is 3. The Morgan fingerprint density at radius 3 is 1.94 bits per heavy atom. The van der Waals surface area contributed by atoms with Crippen molar-refractivity contribution in [1.82, 2.24) is 9.13 Å². The fourth-order valence-electron chi connectivity index (χ4n) is 3.69. The molecule has 0 saturated heterocycles. The third-order valence-corrected chi connectivity index (χ3v) is 5.26. The lowest BCUT2D eigenvalue weighted by Crippen LogP contribution is -2.41. The van der Waals surface area contributed by atoms with Crippen molar-refractivity contribution in [3.63, 3.8) is 0 Å². The number of ether oxygens (including phenoxy) is 1. The van der Waals surface area contributed by atoms with Crippen LogP contribution in [0.1, 0.15) is 22.3 Å². The summed E-state index contributed by atoms with van der Waals surface area (Å²) in [5.41, 5.74) is 2.76. The van der Waals surface area contributed by atoms with Crippen molar-refractivity contribution in [3.05, 3.63) is 134 Å². The molecule has 0 N–H and O–H groups in total. The molecule has 4 aromatic rings. The first-order valence-corrected chi connectivity index (χ1v) is 10.2. The van der Waals surface area contributed by atoms with Gasteiger partial charge in [0.15, 0.2) is 0 Å². The first-order chi connectivity index (χ1) is 15.2. The minimum atomic E-state index is -0.318. The number of para-hydroxylation sites is 1. The highest BCUT2D eigenvalue weighted by molar-refractivity contribution is 5.36. The maximum absolute atomic E-state index is 13.3. The number of aromatic nitrogens is 2. The second-order valence-electron chi connectivity index (χ2n) is 7.42. The van der Waals surface area contributed by atoms with Crippen molar-refractivity contribution < 1.29 is 4.74 Å². The average Bonchev–Trinajstić information content (AvgIpc) is 2.81. The highest BCUT2D eigenvalue weighted by Gasteiger charge is 2.14. The minimum absolute atomic E-state index is 0.229. The van der Waals surface area contributed by atoms with Crippen LogP contribution in [0.5, 0.6) is 5.75 Å². The van der Waals surface area contributed by atoms with Gasteiger partial charge in [-0.05, 0) is 22.8 Å². The van der Waals surface area contributed by atoms with Crippen LogP contribution < -0.4 is 16.0 Å². The fraction of sp³-hybridized carbons (Fsp3) is 0.154. The summed E-state index contributed by atoms with van der Waals surface area (Å²) >= 11 is 0. The van der Waals surface area contributed by atoms with Crippen molar-refractivity contribution in [2.24, 2.45) is 0 Å². The third kappa shape index (κ3) is 4.67. The molecule has 1 heterocycles. The van der Waals surface area contributed by atoms with Crippen LogP contribution in [0.15, 0.2) is 101 Å². The van der Waals surface area contributed by atoms with Crippen molar-refractivity contribution in [1.29, 1.82) is 0 Å². The molecule has 0 atom stereocenters. The van der Waals surface area contributed by atoms with E-state index in [2.05, 4.69) is 0 Å². The van der Waals surface area contributed by atoms with Crippen molar-refractivity contribution >= 4 is 0 Å². The molecular formula is C26H24N2O3. The van der Waals surface area contributed by atoms with Gasteiger partial charge < -0.3 is 4.74 Å². The Balaban J connectivity index is 1.81. The average molecular weight is 412 g/mol. The zero-order valence-corrected chi connectivity index (χ0v) is 17.4. The van der Waals surface area contributed by atoms with Crippen LogP contribution in [0, 0.1) is 0 Å². The zero-order chi connectivity index (χ0) is 21.6. The summed E-state index contributed by atoms with van der Waals surface area (Å²) in [6, 6.07) is 26.9. The van der Waals surface area contributed by atoms with Crippen LogP contribution in [0.2, 0.25) is 0 Å². The topological polar surface area (TPSA) is 53.2 Å². The molecule has 0 aliphatic carbocycles. The van der Waals surface area contributed by atoms with Gasteiger partial charge in [-0.1, -0.05) is 78.9 Å². The summed E-state index contributed by atoms with van der Waals surface area (Å²) in [5.74, 6) is 0.720. The van der Waals surface area contributed by atoms with Gasteiger partial charge in [-0.15, -0.1) is 0 Å². The number of rotatable bonds is 7. The van der Waals surface area contributed by atoms with Crippen molar-refractivity contribution in [2.45, 2.75) is 19.5 Å². The summed E-state index contributed by atoms with van der Waals surface area (Å²) in [7, 11) is 1.61. The van der Waals surface area contributed by atoms with E-state index >= 15 is 0 Å². The van der Waals surface area contributed by atoms with Crippen LogP contribution >= 0.6 is 0 Å². The van der Waals surface area contributed by atoms with Gasteiger partial charge in [0.1, 0.15) is 5.75 Å². The SMILES string of the molecule is COc1ccccc1Cc1cn(Cc2ccccc2)c(=O)n(Cc2ccccc2)c1=O. The Bertz CT molecular complexity index is 1280. The summed E-state index contributed by atoms with van der Waals surface area (Å²) in [6.45, 7) is 0.626. The predicted molar refractivity (Wildman–Crippen MR) is 122 cm³/mol. The Hall–Kier alpha value is -3.86. The molecule has 0 saturated carbocycles. The molecule has 3 aromatic carbocycles. The summed E-state index contributed by atoms with van der Waals surface area (Å²) < 4.78 is 8.39. The van der Waals surface area contributed by atoms with Crippen LogP contribution in [0.4, 0.5) is 0 Å². The molecule has 0 unspecified atom stereocenters. The van der Waals surface area contributed by atoms with E-state index in [0.29, 0.717) is 18.5 Å². The molecular weight excluding hydrogens is 388 g/mol. The fourth-order valence-corrected chi connectivity index (χ4v) is 3.69. The van der Waals surface area contributed by atoms with Gasteiger partial charge in [-0.3, -0.25) is 13.9 Å². The number of hydrogen-bond donors (Lipinski definition) is 0. The Morgan fingerprint density at radius 1 is 0.710 bits per heavy atom. The van der Waals surface area contributed by atoms with E-state index in [-0.39, 0.29) is 17.8 Å². The normalized spacial score (nSPS) is 10.7. The Labute approximate surface area is 180 Å². The lowest BCUT2D eigenvalue weighted by molar-refractivity contribution is 0.410. The van der Waals surface area contributed by atoms with Gasteiger partial charge in [-0.25, -0.2) is 4.79 Å². The molecule has 5 nitrogen and oxygen atoms in total. The maximum atomic E-state index is 13.3. The highest BCUT2D eigenvalue weighted by Crippen LogP contribution is 2.19. The summed E-state index contributed by atoms with van der Waals surface area (Å²) in [5, 5.41) is 0. The molecule has 0 aliphatic rings. The predicted octanol–water partition coefficient (Wildman–Crippen LogP) is 3.71. The van der Waals surface area contributed by atoms with Crippen LogP contribution in [-0.4, -0.2) is 16.2 Å². The maximum Gasteiger partial charge on any atom is 0.331 e. The van der Waals surface area contributed by atoms with Crippen molar-refractivity contribution in [3.8, 4) is 5.75 Å². The van der Waals surface area contributed by atoms with E-state index < -0.39 is 0 Å². The van der Waals surface area contributed by atoms with Gasteiger partial charge >= 0.3 is 5.69 Å². The number of hydrogen-bond acceptors (Lipinski definition) is 3. The molecule has 1 aromatic heterocycles. The van der Waals surface area contributed by atoms with Gasteiger partial charge in [0.25, 0.3) is 5.56 Å². The number of methoxy groups -OCH3 is 1. The summed E-state index contributed by atoms with van der Waals surface area (Å²) in [6.07, 6.45) is 2.07. The molecule has 156 valence electrons. The highest BCUT2D eigenvalue weighted by atomic mass is 16.5. The third-order valence-electron chi connectivity index (χ3n) is 5.26. The largest absolute Gasteiger partial charge is 0.496 e. The minimum Gasteiger partial charge on any atom is -0.496 e. The van der Waals surface area contributed by atoms with E-state index in [1.54, 1.807) is 17.9 Å². The molecule has 31 heavy (non-hydrogen) atoms. The molecule has 0 spiro atoms. The second kappa shape index (κ2) is 9.30. The van der Waals surface area contributed by atoms with Gasteiger partial charge in [0, 0.05) is 18.2 Å². The van der Waals surface area contributed by atoms with E-state index in [0.717, 1.165) is 22.4 Å². The molecule has 0 amide bonds. The standard InChI is InChI=1S/C26H24N2O3/c1-31-24-15-9-8-14-22(24)16-23-19-27(17-20-10-4-2-5-11-20)26(30)28(25(23)29)18-21-12-6-3-7-13-21/h2-15,19H,16-18H2,1H3. The van der Waals surface area contributed by atoms with Crippen LogP contribution in [-0.2, 0) is 19.5 Å². The number of nitrogens with zero attached hydrogens (tertiary/aromatic N) is 2. The molecule has 0 aliphatic heterocycles. The molecule has 4 rings (SSSR count). The first kappa shape index (κ1) is 20.4. The van der Waals surface area contributed by atoms with Gasteiger partial charge in [0.05, 0.1) is 20.2 Å². The molecule has 0 bridgehead atoms. The van der Waals surface area contributed by atoms with E-state index in [1.807, 2.05) is 84.9 Å². The Kier molecular flexibility index (Phi) is 6.13. The molecule has 5 heteroatoms. The lowest BCUT2D eigenvalue weighted by atomic mass is 10.1. The van der Waals surface area contributed by atoms with E-state index in [1.165, 1.54) is 4.57 Å². The molecule has 0 fully saturated rings. The smallest absolute Gasteiger partial charge is 0.331 e. The monoisotopic (exact) mass is 412 g/mol. The van der Waals surface area contributed by atoms with Gasteiger partial charge in [-0.2, -0.15) is 0 Å². The molecule has 0 radical (unpaired) electrons. The first-order valence-electron chi connectivity index (χ1n) is 10.2.